The van der Waals surface area contributed by atoms with Crippen LogP contribution in [0.4, 0.5) is 14.5 Å². The molecule has 3 nitrogen and oxygen atoms in total. The van der Waals surface area contributed by atoms with E-state index in [1.54, 1.807) is 18.2 Å². The van der Waals surface area contributed by atoms with Gasteiger partial charge in [-0.3, -0.25) is 9.59 Å². The zero-order valence-electron chi connectivity index (χ0n) is 12.7. The predicted molar refractivity (Wildman–Crippen MR) is 83.7 cm³/mol. The monoisotopic (exact) mass is 315 g/mol. The molecule has 2 aromatic carbocycles. The Kier molecular flexibility index (Phi) is 3.51. The lowest BCUT2D eigenvalue weighted by Gasteiger charge is -2.37. The number of amides is 1. The van der Waals surface area contributed by atoms with Gasteiger partial charge in [-0.1, -0.05) is 36.4 Å². The van der Waals surface area contributed by atoms with Gasteiger partial charge in [0.05, 0.1) is 5.69 Å². The molecule has 0 saturated heterocycles. The minimum atomic E-state index is -3.06. The summed E-state index contributed by atoms with van der Waals surface area (Å²) in [5.41, 5.74) is -0.204. The number of carbonyl (C=O) groups excluding carboxylic acids is 2. The lowest BCUT2D eigenvalue weighted by Crippen LogP contribution is -2.53. The summed E-state index contributed by atoms with van der Waals surface area (Å²) >= 11 is 0. The van der Waals surface area contributed by atoms with Gasteiger partial charge in [0.25, 0.3) is 6.43 Å². The molecule has 0 spiro atoms. The standard InChI is InChI=1S/C18H15F2NO2/c1-18(16(19)20)15(22)13-10-12(11-6-4-3-5-7-11)8-9-14(13)21(2)17(18)23/h3-10,16H,1-2H3. The van der Waals surface area contributed by atoms with Crippen LogP contribution in [0, 0.1) is 5.41 Å². The topological polar surface area (TPSA) is 37.4 Å². The van der Waals surface area contributed by atoms with E-state index in [0.29, 0.717) is 5.69 Å². The van der Waals surface area contributed by atoms with Crippen molar-refractivity contribution < 1.29 is 18.4 Å². The van der Waals surface area contributed by atoms with E-state index in [-0.39, 0.29) is 5.56 Å². The molecule has 0 aliphatic carbocycles. The Morgan fingerprint density at radius 3 is 2.26 bits per heavy atom. The van der Waals surface area contributed by atoms with E-state index in [1.165, 1.54) is 7.05 Å². The van der Waals surface area contributed by atoms with Gasteiger partial charge in [-0.2, -0.15) is 0 Å². The average molecular weight is 315 g/mol. The van der Waals surface area contributed by atoms with E-state index in [2.05, 4.69) is 0 Å². The second-order valence-corrected chi connectivity index (χ2v) is 5.79. The highest BCUT2D eigenvalue weighted by Crippen LogP contribution is 2.41. The van der Waals surface area contributed by atoms with Crippen molar-refractivity contribution in [3.63, 3.8) is 0 Å². The zero-order valence-corrected chi connectivity index (χ0v) is 12.7. The van der Waals surface area contributed by atoms with Crippen LogP contribution in [-0.2, 0) is 4.79 Å². The number of rotatable bonds is 2. The van der Waals surface area contributed by atoms with Gasteiger partial charge in [-0.25, -0.2) is 8.78 Å². The fourth-order valence-electron chi connectivity index (χ4n) is 2.85. The first-order chi connectivity index (χ1) is 10.9. The van der Waals surface area contributed by atoms with Crippen LogP contribution < -0.4 is 4.90 Å². The Morgan fingerprint density at radius 2 is 1.65 bits per heavy atom. The van der Waals surface area contributed by atoms with Crippen LogP contribution in [0.3, 0.4) is 0 Å². The van der Waals surface area contributed by atoms with E-state index >= 15 is 0 Å². The van der Waals surface area contributed by atoms with Gasteiger partial charge in [0, 0.05) is 12.6 Å². The normalized spacial score (nSPS) is 20.8. The molecule has 1 unspecified atom stereocenters. The Hall–Kier alpha value is -2.56. The van der Waals surface area contributed by atoms with Crippen molar-refractivity contribution in [2.75, 3.05) is 11.9 Å². The van der Waals surface area contributed by atoms with Crippen molar-refractivity contribution in [2.45, 2.75) is 13.3 Å². The third-order valence-electron chi connectivity index (χ3n) is 4.37. The molecule has 0 aromatic heterocycles. The van der Waals surface area contributed by atoms with Crippen LogP contribution in [-0.4, -0.2) is 25.2 Å². The summed E-state index contributed by atoms with van der Waals surface area (Å²) in [5, 5.41) is 0. The van der Waals surface area contributed by atoms with Crippen LogP contribution >= 0.6 is 0 Å². The molecule has 1 atom stereocenters. The SMILES string of the molecule is CN1C(=O)C(C)(C(F)F)C(=O)c2cc(-c3ccccc3)ccc21. The smallest absolute Gasteiger partial charge is 0.260 e. The molecule has 0 saturated carbocycles. The van der Waals surface area contributed by atoms with Crippen molar-refractivity contribution in [1.29, 1.82) is 0 Å². The highest BCUT2D eigenvalue weighted by molar-refractivity contribution is 6.25. The van der Waals surface area contributed by atoms with Gasteiger partial charge in [0.1, 0.15) is 0 Å². The van der Waals surface area contributed by atoms with Gasteiger partial charge in [-0.05, 0) is 30.2 Å². The fourth-order valence-corrected chi connectivity index (χ4v) is 2.85. The second kappa shape index (κ2) is 5.26. The third-order valence-corrected chi connectivity index (χ3v) is 4.37. The summed E-state index contributed by atoms with van der Waals surface area (Å²) in [7, 11) is 1.41. The number of fused-ring (bicyclic) bond motifs is 1. The maximum Gasteiger partial charge on any atom is 0.260 e. The average Bonchev–Trinajstić information content (AvgIpc) is 2.58. The van der Waals surface area contributed by atoms with Crippen LogP contribution in [0.5, 0.6) is 0 Å². The minimum absolute atomic E-state index is 0.149. The molecular weight excluding hydrogens is 300 g/mol. The Bertz CT molecular complexity index is 789. The van der Waals surface area contributed by atoms with E-state index in [1.807, 2.05) is 30.3 Å². The van der Waals surface area contributed by atoms with Crippen molar-refractivity contribution in [3.05, 3.63) is 54.1 Å². The number of benzene rings is 2. The largest absolute Gasteiger partial charge is 0.314 e. The lowest BCUT2D eigenvalue weighted by molar-refractivity contribution is -0.132. The number of anilines is 1. The summed E-state index contributed by atoms with van der Waals surface area (Å²) < 4.78 is 26.9. The summed E-state index contributed by atoms with van der Waals surface area (Å²) in [6.07, 6.45) is -3.06. The molecule has 0 fully saturated rings. The van der Waals surface area contributed by atoms with Crippen LogP contribution in [0.2, 0.25) is 0 Å². The number of alkyl halides is 2. The van der Waals surface area contributed by atoms with E-state index in [4.69, 9.17) is 0 Å². The number of halogens is 2. The molecule has 3 rings (SSSR count). The van der Waals surface area contributed by atoms with Crippen LogP contribution in [0.1, 0.15) is 17.3 Å². The van der Waals surface area contributed by atoms with Crippen molar-refractivity contribution in [3.8, 4) is 11.1 Å². The summed E-state index contributed by atoms with van der Waals surface area (Å²) in [5.74, 6) is -1.71. The van der Waals surface area contributed by atoms with Gasteiger partial charge in [-0.15, -0.1) is 0 Å². The quantitative estimate of drug-likeness (QED) is 0.791. The van der Waals surface area contributed by atoms with Gasteiger partial charge in [0.15, 0.2) is 11.2 Å². The van der Waals surface area contributed by atoms with E-state index in [0.717, 1.165) is 23.0 Å². The third kappa shape index (κ3) is 2.15. The maximum atomic E-state index is 13.4. The zero-order chi connectivity index (χ0) is 16.8. The Morgan fingerprint density at radius 1 is 1.00 bits per heavy atom. The molecule has 1 amide bonds. The first-order valence-electron chi connectivity index (χ1n) is 7.18. The lowest BCUT2D eigenvalue weighted by atomic mass is 9.77. The highest BCUT2D eigenvalue weighted by atomic mass is 19.3. The van der Waals surface area contributed by atoms with Crippen LogP contribution in [0.15, 0.2) is 48.5 Å². The highest BCUT2D eigenvalue weighted by Gasteiger charge is 2.55. The van der Waals surface area contributed by atoms with Crippen molar-refractivity contribution in [1.82, 2.24) is 0 Å². The molecule has 0 radical (unpaired) electrons. The summed E-state index contributed by atoms with van der Waals surface area (Å²) in [6.45, 7) is 1.01. The second-order valence-electron chi connectivity index (χ2n) is 5.79. The number of Topliss-reactive ketones (excluding diaryl/α,β-unsaturated/α-hetero) is 1. The molecule has 0 bridgehead atoms. The van der Waals surface area contributed by atoms with Crippen LogP contribution in [0.25, 0.3) is 11.1 Å². The minimum Gasteiger partial charge on any atom is -0.314 e. The molecule has 2 aromatic rings. The number of nitrogens with zero attached hydrogens (tertiary/aromatic N) is 1. The van der Waals surface area contributed by atoms with E-state index < -0.39 is 23.5 Å². The number of carbonyl (C=O) groups is 2. The maximum absolute atomic E-state index is 13.4. The number of ketones is 1. The number of hydrogen-bond donors (Lipinski definition) is 0. The molecule has 1 heterocycles. The Balaban J connectivity index is 2.18. The predicted octanol–water partition coefficient (Wildman–Crippen LogP) is 3.78. The number of hydrogen-bond acceptors (Lipinski definition) is 2. The molecular formula is C18H15F2NO2. The molecule has 1 aliphatic rings. The van der Waals surface area contributed by atoms with E-state index in [9.17, 15) is 18.4 Å². The van der Waals surface area contributed by atoms with Gasteiger partial charge in [0.2, 0.25) is 5.91 Å². The molecule has 0 N–H and O–H groups in total. The van der Waals surface area contributed by atoms with Gasteiger partial charge >= 0.3 is 0 Å². The fraction of sp³-hybridized carbons (Fsp3) is 0.222. The summed E-state index contributed by atoms with van der Waals surface area (Å²) in [6, 6.07) is 14.3. The first-order valence-corrected chi connectivity index (χ1v) is 7.18. The molecule has 5 heteroatoms. The van der Waals surface area contributed by atoms with Gasteiger partial charge < -0.3 is 4.90 Å². The molecule has 118 valence electrons. The molecule has 1 aliphatic heterocycles. The van der Waals surface area contributed by atoms with Crippen molar-refractivity contribution in [2.24, 2.45) is 5.41 Å². The first kappa shape index (κ1) is 15.3. The summed E-state index contributed by atoms with van der Waals surface area (Å²) in [4.78, 5) is 26.0. The van der Waals surface area contributed by atoms with Crippen molar-refractivity contribution >= 4 is 17.4 Å². The Labute approximate surface area is 132 Å². The molecule has 23 heavy (non-hydrogen) atoms.